The summed E-state index contributed by atoms with van der Waals surface area (Å²) in [5.41, 5.74) is -6.85. The van der Waals surface area contributed by atoms with Gasteiger partial charge in [0.05, 0.1) is 0 Å². The zero-order valence-electron chi connectivity index (χ0n) is 23.5. The van der Waals surface area contributed by atoms with Crippen LogP contribution in [0.2, 0.25) is 0 Å². The van der Waals surface area contributed by atoms with Gasteiger partial charge in [-0.1, -0.05) is 69.2 Å². The topological polar surface area (TPSA) is 112 Å². The molecule has 0 spiro atoms. The molecule has 7 heteroatoms. The molecule has 0 amide bonds. The fourth-order valence-corrected chi connectivity index (χ4v) is 4.95. The fraction of sp³-hybridized carbons (Fsp3) is 0.786. The van der Waals surface area contributed by atoms with Gasteiger partial charge in [0, 0.05) is 25.7 Å². The standard InChI is InChI=1S/C28H46O7/c1-11-15-19(29)27(25(5,6)7,20(30)16-12-2)23(33)35-24(34)28(26(8,9)10,21(31)17-13-3)22(32)18-14-4/h11-18H2,1-10H3. The van der Waals surface area contributed by atoms with Crippen molar-refractivity contribution < 1.29 is 33.5 Å². The number of carbonyl (C=O) groups excluding carboxylic acids is 6. The highest BCUT2D eigenvalue weighted by molar-refractivity contribution is 6.28. The van der Waals surface area contributed by atoms with E-state index in [1.54, 1.807) is 69.2 Å². The van der Waals surface area contributed by atoms with Gasteiger partial charge in [-0.3, -0.25) is 19.2 Å². The molecular formula is C28H46O7. The largest absolute Gasteiger partial charge is 0.391 e. The number of rotatable bonds is 14. The van der Waals surface area contributed by atoms with Gasteiger partial charge in [0.2, 0.25) is 0 Å². The maximum atomic E-state index is 13.8. The highest BCUT2D eigenvalue weighted by atomic mass is 16.6. The first-order valence-electron chi connectivity index (χ1n) is 12.9. The molecule has 0 aliphatic rings. The van der Waals surface area contributed by atoms with Crippen molar-refractivity contribution in [2.75, 3.05) is 0 Å². The summed E-state index contributed by atoms with van der Waals surface area (Å²) in [5, 5.41) is 0. The molecule has 35 heavy (non-hydrogen) atoms. The van der Waals surface area contributed by atoms with Gasteiger partial charge in [-0.15, -0.1) is 0 Å². The third-order valence-electron chi connectivity index (χ3n) is 6.63. The van der Waals surface area contributed by atoms with Crippen molar-refractivity contribution in [3.05, 3.63) is 0 Å². The van der Waals surface area contributed by atoms with Crippen molar-refractivity contribution >= 4 is 35.1 Å². The Morgan fingerprint density at radius 3 is 0.800 bits per heavy atom. The molecule has 7 nitrogen and oxygen atoms in total. The number of esters is 2. The maximum Gasteiger partial charge on any atom is 0.335 e. The lowest BCUT2D eigenvalue weighted by atomic mass is 9.59. The van der Waals surface area contributed by atoms with Gasteiger partial charge in [-0.25, -0.2) is 9.59 Å². The van der Waals surface area contributed by atoms with E-state index in [1.807, 2.05) is 0 Å². The Morgan fingerprint density at radius 1 is 0.457 bits per heavy atom. The van der Waals surface area contributed by atoms with Crippen LogP contribution in [-0.2, 0) is 33.5 Å². The normalized spacial score (nSPS) is 12.7. The molecule has 0 N–H and O–H groups in total. The summed E-state index contributed by atoms with van der Waals surface area (Å²) in [6, 6.07) is 0. The average Bonchev–Trinajstić information content (AvgIpc) is 2.67. The number of hydrogen-bond donors (Lipinski definition) is 0. The van der Waals surface area contributed by atoms with Crippen LogP contribution in [0.1, 0.15) is 121 Å². The zero-order chi connectivity index (χ0) is 27.8. The number of Topliss-reactive ketones (excluding diaryl/α,β-unsaturated/α-hetero) is 4. The van der Waals surface area contributed by atoms with E-state index in [9.17, 15) is 28.8 Å². The van der Waals surface area contributed by atoms with Crippen LogP contribution in [0.3, 0.4) is 0 Å². The molecule has 0 aromatic heterocycles. The van der Waals surface area contributed by atoms with Crippen LogP contribution in [0.5, 0.6) is 0 Å². The van der Waals surface area contributed by atoms with Gasteiger partial charge in [-0.05, 0) is 36.5 Å². The van der Waals surface area contributed by atoms with E-state index < -0.39 is 56.7 Å². The van der Waals surface area contributed by atoms with Crippen molar-refractivity contribution in [2.24, 2.45) is 21.7 Å². The molecule has 0 saturated carbocycles. The second-order valence-corrected chi connectivity index (χ2v) is 11.4. The van der Waals surface area contributed by atoms with Crippen LogP contribution < -0.4 is 0 Å². The second kappa shape index (κ2) is 12.7. The van der Waals surface area contributed by atoms with E-state index >= 15 is 0 Å². The molecule has 0 aromatic carbocycles. The summed E-state index contributed by atoms with van der Waals surface area (Å²) in [4.78, 5) is 81.2. The van der Waals surface area contributed by atoms with E-state index in [-0.39, 0.29) is 25.7 Å². The number of ketones is 4. The molecule has 0 unspecified atom stereocenters. The van der Waals surface area contributed by atoms with Crippen molar-refractivity contribution in [1.29, 1.82) is 0 Å². The van der Waals surface area contributed by atoms with Crippen molar-refractivity contribution in [2.45, 2.75) is 121 Å². The Hall–Kier alpha value is -2.18. The molecule has 0 aromatic rings. The third-order valence-corrected chi connectivity index (χ3v) is 6.63. The predicted molar refractivity (Wildman–Crippen MR) is 135 cm³/mol. The highest BCUT2D eigenvalue weighted by Gasteiger charge is 2.64. The van der Waals surface area contributed by atoms with Crippen molar-refractivity contribution in [3.8, 4) is 0 Å². The van der Waals surface area contributed by atoms with Crippen LogP contribution in [-0.4, -0.2) is 35.1 Å². The summed E-state index contributed by atoms with van der Waals surface area (Å²) in [5.74, 6) is -5.08. The maximum absolute atomic E-state index is 13.8. The Balaban J connectivity index is 7.07. The van der Waals surface area contributed by atoms with E-state index in [1.165, 1.54) is 0 Å². The molecular weight excluding hydrogens is 448 g/mol. The first-order chi connectivity index (χ1) is 16.0. The van der Waals surface area contributed by atoms with Gasteiger partial charge < -0.3 is 4.74 Å². The van der Waals surface area contributed by atoms with E-state index in [0.717, 1.165) is 0 Å². The SMILES string of the molecule is CCCC(=O)C(C(=O)CCC)(C(=O)OC(=O)C(C(=O)CCC)(C(=O)CCC)C(C)(C)C)C(C)(C)C. The lowest BCUT2D eigenvalue weighted by molar-refractivity contribution is -0.185. The van der Waals surface area contributed by atoms with Crippen LogP contribution in [0, 0.1) is 21.7 Å². The number of hydrogen-bond acceptors (Lipinski definition) is 7. The van der Waals surface area contributed by atoms with E-state index in [4.69, 9.17) is 4.74 Å². The molecule has 0 bridgehead atoms. The van der Waals surface area contributed by atoms with Crippen molar-refractivity contribution in [3.63, 3.8) is 0 Å². The van der Waals surface area contributed by atoms with Crippen LogP contribution in [0.15, 0.2) is 0 Å². The lowest BCUT2D eigenvalue weighted by Crippen LogP contribution is -2.60. The molecule has 0 fully saturated rings. The molecule has 0 rings (SSSR count). The van der Waals surface area contributed by atoms with Crippen LogP contribution >= 0.6 is 0 Å². The lowest BCUT2D eigenvalue weighted by Gasteiger charge is -2.42. The molecule has 0 saturated heterocycles. The summed E-state index contributed by atoms with van der Waals surface area (Å²) in [6.45, 7) is 16.5. The minimum atomic E-state index is -2.22. The molecule has 0 aliphatic heterocycles. The summed E-state index contributed by atoms with van der Waals surface area (Å²) >= 11 is 0. The summed E-state index contributed by atoms with van der Waals surface area (Å²) < 4.78 is 5.34. The first-order valence-corrected chi connectivity index (χ1v) is 12.9. The Morgan fingerprint density at radius 2 is 0.657 bits per heavy atom. The van der Waals surface area contributed by atoms with E-state index in [0.29, 0.717) is 25.7 Å². The molecule has 200 valence electrons. The Bertz CT molecular complexity index is 717. The second-order valence-electron chi connectivity index (χ2n) is 11.4. The first kappa shape index (κ1) is 32.8. The monoisotopic (exact) mass is 494 g/mol. The number of carbonyl (C=O) groups is 6. The smallest absolute Gasteiger partial charge is 0.335 e. The van der Waals surface area contributed by atoms with Gasteiger partial charge in [0.1, 0.15) is 0 Å². The molecule has 0 heterocycles. The van der Waals surface area contributed by atoms with Crippen LogP contribution in [0.4, 0.5) is 0 Å². The molecule has 0 atom stereocenters. The average molecular weight is 495 g/mol. The quantitative estimate of drug-likeness (QED) is 0.228. The highest BCUT2D eigenvalue weighted by Crippen LogP contribution is 2.47. The molecule has 0 aliphatic carbocycles. The Labute approximate surface area is 211 Å². The summed E-state index contributed by atoms with van der Waals surface area (Å²) in [6.07, 6.45) is 1.38. The zero-order valence-corrected chi connectivity index (χ0v) is 23.5. The predicted octanol–water partition coefficient (Wildman–Crippen LogP) is 5.60. The number of ether oxygens (including phenoxy) is 1. The molecule has 0 radical (unpaired) electrons. The van der Waals surface area contributed by atoms with Crippen molar-refractivity contribution in [1.82, 2.24) is 0 Å². The summed E-state index contributed by atoms with van der Waals surface area (Å²) in [7, 11) is 0. The van der Waals surface area contributed by atoms with Gasteiger partial charge in [-0.2, -0.15) is 0 Å². The van der Waals surface area contributed by atoms with E-state index in [2.05, 4.69) is 0 Å². The van der Waals surface area contributed by atoms with Gasteiger partial charge in [0.15, 0.2) is 34.0 Å². The minimum Gasteiger partial charge on any atom is -0.391 e. The minimum absolute atomic E-state index is 0.0516. The van der Waals surface area contributed by atoms with Crippen LogP contribution in [0.25, 0.3) is 0 Å². The fourth-order valence-electron chi connectivity index (χ4n) is 4.95. The van der Waals surface area contributed by atoms with Gasteiger partial charge in [0.25, 0.3) is 0 Å². The Kier molecular flexibility index (Phi) is 11.9. The van der Waals surface area contributed by atoms with Gasteiger partial charge >= 0.3 is 11.9 Å². The third kappa shape index (κ3) is 6.15.